The van der Waals surface area contributed by atoms with Crippen LogP contribution in [-0.2, 0) is 14.3 Å². The van der Waals surface area contributed by atoms with Crippen molar-refractivity contribution in [3.8, 4) is 0 Å². The predicted octanol–water partition coefficient (Wildman–Crippen LogP) is 1.92. The van der Waals surface area contributed by atoms with Crippen molar-refractivity contribution < 1.29 is 19.4 Å². The quantitative estimate of drug-likeness (QED) is 0.618. The molecule has 2 aromatic rings. The highest BCUT2D eigenvalue weighted by atomic mass is 16.5. The van der Waals surface area contributed by atoms with Crippen LogP contribution in [0.4, 0.5) is 17.3 Å². The van der Waals surface area contributed by atoms with E-state index in [1.807, 2.05) is 56.0 Å². The summed E-state index contributed by atoms with van der Waals surface area (Å²) in [5.74, 6) is -0.295. The topological polar surface area (TPSA) is 108 Å². The number of esters is 1. The van der Waals surface area contributed by atoms with Crippen molar-refractivity contribution in [2.24, 2.45) is 0 Å². The van der Waals surface area contributed by atoms with Crippen LogP contribution >= 0.6 is 0 Å². The second-order valence-electron chi connectivity index (χ2n) is 7.16. The number of aryl methyl sites for hydroxylation is 2. The molecule has 2 N–H and O–H groups in total. The van der Waals surface area contributed by atoms with Crippen LogP contribution in [0.1, 0.15) is 18.3 Å². The maximum Gasteiger partial charge on any atom is 0.337 e. The number of carbonyl (C=O) groups is 2. The highest BCUT2D eigenvalue weighted by Crippen LogP contribution is 2.27. The van der Waals surface area contributed by atoms with E-state index in [9.17, 15) is 14.7 Å². The summed E-state index contributed by atoms with van der Waals surface area (Å²) in [7, 11) is 1.27. The molecule has 2 heterocycles. The van der Waals surface area contributed by atoms with E-state index in [0.717, 1.165) is 17.1 Å². The number of hydrogen-bond donors (Lipinski definition) is 2. The lowest BCUT2D eigenvalue weighted by atomic mass is 10.2. The monoisotopic (exact) mass is 425 g/mol. The van der Waals surface area contributed by atoms with E-state index in [1.54, 1.807) is 0 Å². The number of amides is 1. The Morgan fingerprint density at radius 3 is 2.42 bits per heavy atom. The van der Waals surface area contributed by atoms with Crippen molar-refractivity contribution >= 4 is 29.2 Å². The second kappa shape index (κ2) is 9.57. The number of benzene rings is 1. The molecule has 9 heteroatoms. The van der Waals surface area contributed by atoms with E-state index in [4.69, 9.17) is 4.74 Å². The number of aliphatic hydroxyl groups excluding tert-OH is 1. The Bertz CT molecular complexity index is 983. The van der Waals surface area contributed by atoms with Gasteiger partial charge >= 0.3 is 5.97 Å². The summed E-state index contributed by atoms with van der Waals surface area (Å²) in [6, 6.07) is 9.37. The Kier molecular flexibility index (Phi) is 6.86. The Morgan fingerprint density at radius 2 is 1.87 bits per heavy atom. The van der Waals surface area contributed by atoms with Gasteiger partial charge in [-0.1, -0.05) is 0 Å². The van der Waals surface area contributed by atoms with E-state index in [-0.39, 0.29) is 36.9 Å². The smallest absolute Gasteiger partial charge is 0.337 e. The predicted molar refractivity (Wildman–Crippen MR) is 117 cm³/mol. The Labute approximate surface area is 181 Å². The zero-order valence-corrected chi connectivity index (χ0v) is 18.2. The molecule has 0 saturated heterocycles. The molecule has 1 aromatic heterocycles. The van der Waals surface area contributed by atoms with Gasteiger partial charge in [0.2, 0.25) is 5.95 Å². The first kappa shape index (κ1) is 22.2. The zero-order valence-electron chi connectivity index (χ0n) is 18.2. The van der Waals surface area contributed by atoms with Gasteiger partial charge in [-0.2, -0.15) is 0 Å². The lowest BCUT2D eigenvalue weighted by Gasteiger charge is -2.22. The second-order valence-corrected chi connectivity index (χ2v) is 7.16. The molecule has 0 unspecified atom stereocenters. The normalized spacial score (nSPS) is 13.6. The fourth-order valence-electron chi connectivity index (χ4n) is 3.49. The van der Waals surface area contributed by atoms with E-state index >= 15 is 0 Å². The zero-order chi connectivity index (χ0) is 22.5. The first-order valence-electron chi connectivity index (χ1n) is 10.1. The third-order valence-electron chi connectivity index (χ3n) is 4.93. The first-order chi connectivity index (χ1) is 14.9. The minimum Gasteiger partial charge on any atom is -0.466 e. The highest BCUT2D eigenvalue weighted by molar-refractivity contribution is 6.08. The number of β-amino-alcohol motifs (C(OH)–C–C–N with tert-alkyl or cyclic N) is 1. The number of aromatic nitrogens is 2. The van der Waals surface area contributed by atoms with Gasteiger partial charge in [-0.3, -0.25) is 4.79 Å². The maximum atomic E-state index is 12.7. The van der Waals surface area contributed by atoms with Gasteiger partial charge < -0.3 is 25.0 Å². The van der Waals surface area contributed by atoms with Crippen LogP contribution in [0.15, 0.2) is 41.6 Å². The van der Waals surface area contributed by atoms with Gasteiger partial charge in [0.15, 0.2) is 0 Å². The summed E-state index contributed by atoms with van der Waals surface area (Å²) in [6.45, 7) is 6.63. The maximum absolute atomic E-state index is 12.7. The Balaban J connectivity index is 1.85. The van der Waals surface area contributed by atoms with Gasteiger partial charge in [-0.05, 0) is 51.1 Å². The molecule has 1 aliphatic heterocycles. The third kappa shape index (κ3) is 4.83. The summed E-state index contributed by atoms with van der Waals surface area (Å²) in [5, 5.41) is 12.2. The molecule has 0 spiro atoms. The van der Waals surface area contributed by atoms with Gasteiger partial charge in [-0.25, -0.2) is 14.8 Å². The summed E-state index contributed by atoms with van der Waals surface area (Å²) >= 11 is 0. The Hall–Kier alpha value is -3.46. The molecule has 0 radical (unpaired) electrons. The fraction of sp³-hybridized carbons (Fsp3) is 0.364. The number of nitrogens with zero attached hydrogens (tertiary/aromatic N) is 4. The third-order valence-corrected chi connectivity index (χ3v) is 4.93. The van der Waals surface area contributed by atoms with Gasteiger partial charge in [0, 0.05) is 35.9 Å². The van der Waals surface area contributed by atoms with E-state index in [2.05, 4.69) is 15.3 Å². The summed E-state index contributed by atoms with van der Waals surface area (Å²) in [4.78, 5) is 37.2. The summed E-state index contributed by atoms with van der Waals surface area (Å²) in [5.41, 5.74) is 3.75. The molecule has 0 bridgehead atoms. The molecule has 3 rings (SSSR count). The van der Waals surface area contributed by atoms with Crippen LogP contribution in [0.2, 0.25) is 0 Å². The molecule has 1 aromatic carbocycles. The number of ether oxygens (including phenoxy) is 1. The van der Waals surface area contributed by atoms with Gasteiger partial charge in [0.25, 0.3) is 5.91 Å². The van der Waals surface area contributed by atoms with Gasteiger partial charge in [0.1, 0.15) is 5.70 Å². The SMILES string of the molecule is CCN(c1ccc(NC2=C(C(=O)OC)CN(CCO)C2=O)cc1)c1nc(C)cc(C)n1. The minimum absolute atomic E-state index is 0.0974. The Morgan fingerprint density at radius 1 is 1.23 bits per heavy atom. The molecule has 0 atom stereocenters. The van der Waals surface area contributed by atoms with Crippen molar-refractivity contribution in [3.63, 3.8) is 0 Å². The molecule has 0 saturated carbocycles. The minimum atomic E-state index is -0.572. The lowest BCUT2D eigenvalue weighted by molar-refractivity contribution is -0.136. The van der Waals surface area contributed by atoms with Crippen LogP contribution in [-0.4, -0.2) is 65.2 Å². The number of methoxy groups -OCH3 is 1. The van der Waals surface area contributed by atoms with E-state index < -0.39 is 5.97 Å². The van der Waals surface area contributed by atoms with Gasteiger partial charge in [-0.15, -0.1) is 0 Å². The summed E-state index contributed by atoms with van der Waals surface area (Å²) in [6.07, 6.45) is 0. The average molecular weight is 425 g/mol. The van der Waals surface area contributed by atoms with Crippen LogP contribution in [0.3, 0.4) is 0 Å². The number of carbonyl (C=O) groups excluding carboxylic acids is 2. The van der Waals surface area contributed by atoms with Crippen LogP contribution < -0.4 is 10.2 Å². The summed E-state index contributed by atoms with van der Waals surface area (Å²) < 4.78 is 4.81. The lowest BCUT2D eigenvalue weighted by Crippen LogP contribution is -2.31. The highest BCUT2D eigenvalue weighted by Gasteiger charge is 2.34. The number of hydrogen-bond acceptors (Lipinski definition) is 8. The van der Waals surface area contributed by atoms with Crippen molar-refractivity contribution in [1.82, 2.24) is 14.9 Å². The molecule has 1 aliphatic rings. The van der Waals surface area contributed by atoms with Crippen molar-refractivity contribution in [2.45, 2.75) is 20.8 Å². The van der Waals surface area contributed by atoms with Gasteiger partial charge in [0.05, 0.1) is 25.8 Å². The molecule has 31 heavy (non-hydrogen) atoms. The molecular weight excluding hydrogens is 398 g/mol. The van der Waals surface area contributed by atoms with Crippen LogP contribution in [0, 0.1) is 13.8 Å². The standard InChI is InChI=1S/C22H27N5O4/c1-5-27(22-23-14(2)12-15(3)24-22)17-8-6-16(7-9-17)25-19-18(21(30)31-4)13-26(10-11-28)20(19)29/h6-9,12,25,28H,5,10-11,13H2,1-4H3. The van der Waals surface area contributed by atoms with Crippen LogP contribution in [0.5, 0.6) is 0 Å². The first-order valence-corrected chi connectivity index (χ1v) is 10.1. The number of rotatable bonds is 8. The number of anilines is 3. The number of aliphatic hydroxyl groups is 1. The van der Waals surface area contributed by atoms with Crippen LogP contribution in [0.25, 0.3) is 0 Å². The molecule has 9 nitrogen and oxygen atoms in total. The number of nitrogens with one attached hydrogen (secondary N) is 1. The molecule has 0 aliphatic carbocycles. The van der Waals surface area contributed by atoms with Crippen molar-refractivity contribution in [2.75, 3.05) is 43.6 Å². The molecule has 1 amide bonds. The average Bonchev–Trinajstić information content (AvgIpc) is 3.04. The van der Waals surface area contributed by atoms with E-state index in [0.29, 0.717) is 18.2 Å². The molecule has 0 fully saturated rings. The fourth-order valence-corrected chi connectivity index (χ4v) is 3.49. The van der Waals surface area contributed by atoms with Crippen molar-refractivity contribution in [1.29, 1.82) is 0 Å². The molecular formula is C22H27N5O4. The molecule has 164 valence electrons. The van der Waals surface area contributed by atoms with E-state index in [1.165, 1.54) is 12.0 Å². The van der Waals surface area contributed by atoms with Crippen molar-refractivity contribution in [3.05, 3.63) is 53.0 Å². The largest absolute Gasteiger partial charge is 0.466 e.